The van der Waals surface area contributed by atoms with Crippen LogP contribution in [0.15, 0.2) is 48.5 Å². The lowest BCUT2D eigenvalue weighted by Crippen LogP contribution is -2.52. The Morgan fingerprint density at radius 3 is 1.48 bits per heavy atom. The molecule has 12 nitrogen and oxygen atoms in total. The number of carbonyl (C=O) groups excluding carboxylic acids is 6. The number of aliphatic hydroxyl groups is 1. The van der Waals surface area contributed by atoms with Crippen LogP contribution >= 0.6 is 0 Å². The molecule has 2 aromatic carbocycles. The molecule has 2 rings (SSSR count). The molecule has 0 spiro atoms. The number of likely N-dealkylation sites (N-methyl/N-ethyl adjacent to an activating group) is 4. The molecule has 2 atom stereocenters. The highest BCUT2D eigenvalue weighted by Gasteiger charge is 2.35. The van der Waals surface area contributed by atoms with E-state index in [9.17, 15) is 28.8 Å². The number of hydrogen-bond donors (Lipinski definition) is 3. The van der Waals surface area contributed by atoms with Crippen molar-refractivity contribution in [2.45, 2.75) is 12.1 Å². The molecule has 210 valence electrons. The lowest BCUT2D eigenvalue weighted by atomic mass is 10.1. The average Bonchev–Trinajstić information content (AvgIpc) is 2.99. The van der Waals surface area contributed by atoms with Crippen LogP contribution in [0.1, 0.15) is 31.8 Å². The first-order valence-electron chi connectivity index (χ1n) is 11.9. The summed E-state index contributed by atoms with van der Waals surface area (Å²) in [7, 11) is 6.41. The molecule has 0 aromatic heterocycles. The monoisotopic (exact) mass is 550 g/mol. The van der Waals surface area contributed by atoms with Crippen molar-refractivity contribution in [2.24, 2.45) is 0 Å². The fourth-order valence-electron chi connectivity index (χ4n) is 3.63. The zero-order valence-corrected chi connectivity index (χ0v) is 22.7. The van der Waals surface area contributed by atoms with Gasteiger partial charge < -0.3 is 30.3 Å². The third-order valence-electron chi connectivity index (χ3n) is 5.90. The first-order chi connectivity index (χ1) is 19.0. The number of ether oxygens (including phenoxy) is 1. The van der Waals surface area contributed by atoms with E-state index in [1.165, 1.54) is 52.5 Å². The fourth-order valence-corrected chi connectivity index (χ4v) is 3.63. The number of nitrogens with zero attached hydrogens (tertiary/aromatic N) is 2. The van der Waals surface area contributed by atoms with Crippen LogP contribution in [0.3, 0.4) is 0 Å². The molecule has 3 N–H and O–H groups in total. The fraction of sp³-hybridized carbons (Fsp3) is 0.286. The summed E-state index contributed by atoms with van der Waals surface area (Å²) in [6.45, 7) is -0.889. The topological polar surface area (TPSA) is 162 Å². The lowest BCUT2D eigenvalue weighted by molar-refractivity contribution is -0.150. The Bertz CT molecular complexity index is 1210. The summed E-state index contributed by atoms with van der Waals surface area (Å²) < 4.78 is 4.63. The van der Waals surface area contributed by atoms with Gasteiger partial charge >= 0.3 is 5.97 Å². The van der Waals surface area contributed by atoms with E-state index in [2.05, 4.69) is 27.2 Å². The summed E-state index contributed by atoms with van der Waals surface area (Å²) in [5.74, 6) is 1.62. The Morgan fingerprint density at radius 2 is 1.12 bits per heavy atom. The molecule has 0 fully saturated rings. The van der Waals surface area contributed by atoms with Crippen LogP contribution in [-0.2, 0) is 23.9 Å². The number of hydrogen-bond acceptors (Lipinski definition) is 8. The highest BCUT2D eigenvalue weighted by atomic mass is 16.5. The first-order valence-corrected chi connectivity index (χ1v) is 11.9. The zero-order valence-electron chi connectivity index (χ0n) is 22.7. The van der Waals surface area contributed by atoms with E-state index in [0.29, 0.717) is 11.1 Å². The summed E-state index contributed by atoms with van der Waals surface area (Å²) in [5, 5.41) is 13.8. The van der Waals surface area contributed by atoms with Gasteiger partial charge in [0.15, 0.2) is 11.8 Å². The number of methoxy groups -OCH3 is 1. The lowest BCUT2D eigenvalue weighted by Gasteiger charge is -2.25. The van der Waals surface area contributed by atoms with Crippen LogP contribution < -0.4 is 10.6 Å². The van der Waals surface area contributed by atoms with Crippen LogP contribution in [0.25, 0.3) is 0 Å². The molecule has 12 heteroatoms. The summed E-state index contributed by atoms with van der Waals surface area (Å²) in [5.41, 5.74) is 1.58. The Labute approximate surface area is 231 Å². The van der Waals surface area contributed by atoms with Gasteiger partial charge in [-0.15, -0.1) is 0 Å². The molecule has 0 radical (unpaired) electrons. The molecular weight excluding hydrogens is 520 g/mol. The van der Waals surface area contributed by atoms with Gasteiger partial charge in [0.2, 0.25) is 11.9 Å². The molecule has 4 amide bonds. The maximum atomic E-state index is 12.8. The van der Waals surface area contributed by atoms with Gasteiger partial charge in [-0.1, -0.05) is 11.8 Å². The van der Waals surface area contributed by atoms with Gasteiger partial charge in [0.1, 0.15) is 6.61 Å². The Morgan fingerprint density at radius 1 is 0.750 bits per heavy atom. The number of ketones is 1. The molecule has 2 unspecified atom stereocenters. The van der Waals surface area contributed by atoms with E-state index in [0.717, 1.165) is 16.9 Å². The van der Waals surface area contributed by atoms with Crippen molar-refractivity contribution in [3.8, 4) is 11.8 Å². The van der Waals surface area contributed by atoms with E-state index in [-0.39, 0.29) is 11.1 Å². The minimum absolute atomic E-state index is 0.210. The smallest absolute Gasteiger partial charge is 0.338 e. The number of Topliss-reactive ketones (excluding diaryl/α,β-unsaturated/α-hetero) is 1. The van der Waals surface area contributed by atoms with Crippen molar-refractivity contribution in [3.63, 3.8) is 0 Å². The summed E-state index contributed by atoms with van der Waals surface area (Å²) in [6, 6.07) is 9.49. The molecule has 0 saturated carbocycles. The van der Waals surface area contributed by atoms with Gasteiger partial charge in [0.05, 0.1) is 7.11 Å². The van der Waals surface area contributed by atoms with Crippen molar-refractivity contribution in [1.29, 1.82) is 0 Å². The number of rotatable bonds is 9. The van der Waals surface area contributed by atoms with Crippen LogP contribution in [0, 0.1) is 11.8 Å². The van der Waals surface area contributed by atoms with Crippen molar-refractivity contribution >= 4 is 35.4 Å². The second kappa shape index (κ2) is 14.2. The zero-order chi connectivity index (χ0) is 30.0. The molecule has 2 aromatic rings. The average molecular weight is 551 g/mol. The number of esters is 1. The number of nitrogens with one attached hydrogen (secondary N) is 2. The van der Waals surface area contributed by atoms with Crippen molar-refractivity contribution in [2.75, 3.05) is 41.9 Å². The van der Waals surface area contributed by atoms with Gasteiger partial charge in [-0.2, -0.15) is 0 Å². The van der Waals surface area contributed by atoms with Gasteiger partial charge in [-0.25, -0.2) is 4.79 Å². The van der Waals surface area contributed by atoms with Gasteiger partial charge in [0.25, 0.3) is 17.7 Å². The third-order valence-corrected chi connectivity index (χ3v) is 5.90. The standard InChI is InChI=1S/C28H30N4O8/c1-29-24(35)22(21(34)16-33)31(3)26(37)19-12-8-17(9-13-19)6-7-18-10-14-20(15-11-18)27(38)32(4)23(25(36)30-2)28(39)40-5/h8-15,22-23,33H,16H2,1-5H3,(H,29,35)(H,30,36). The molecule has 0 bridgehead atoms. The first kappa shape index (κ1) is 31.2. The molecule has 0 saturated heterocycles. The maximum absolute atomic E-state index is 12.8. The van der Waals surface area contributed by atoms with Gasteiger partial charge in [-0.3, -0.25) is 24.0 Å². The minimum atomic E-state index is -1.47. The SMILES string of the molecule is CNC(=O)C(C(=O)CO)N(C)C(=O)c1ccc(C#Cc2ccc(C(=O)N(C)C(C(=O)NC)C(=O)OC)cc2)cc1. The summed E-state index contributed by atoms with van der Waals surface area (Å²) in [4.78, 5) is 75.7. The second-order valence-corrected chi connectivity index (χ2v) is 8.42. The predicted molar refractivity (Wildman–Crippen MR) is 143 cm³/mol. The van der Waals surface area contributed by atoms with Crippen molar-refractivity contribution in [3.05, 3.63) is 70.8 Å². The number of benzene rings is 2. The number of carbonyl (C=O) groups is 6. The van der Waals surface area contributed by atoms with Crippen LogP contribution in [-0.4, -0.2) is 104 Å². The summed E-state index contributed by atoms with van der Waals surface area (Å²) >= 11 is 0. The van der Waals surface area contributed by atoms with Crippen LogP contribution in [0.5, 0.6) is 0 Å². The van der Waals surface area contributed by atoms with E-state index in [1.807, 2.05) is 0 Å². The van der Waals surface area contributed by atoms with Crippen molar-refractivity contribution < 1.29 is 38.6 Å². The highest BCUT2D eigenvalue weighted by molar-refractivity contribution is 6.10. The van der Waals surface area contributed by atoms with E-state index in [1.54, 1.807) is 24.3 Å². The quantitative estimate of drug-likeness (QED) is 0.208. The Balaban J connectivity index is 2.16. The Hall–Kier alpha value is -5.02. The van der Waals surface area contributed by atoms with E-state index >= 15 is 0 Å². The molecule has 40 heavy (non-hydrogen) atoms. The Kier molecular flexibility index (Phi) is 11.1. The second-order valence-electron chi connectivity index (χ2n) is 8.42. The summed E-state index contributed by atoms with van der Waals surface area (Å²) in [6.07, 6.45) is 0. The van der Waals surface area contributed by atoms with Gasteiger partial charge in [-0.05, 0) is 48.5 Å². The largest absolute Gasteiger partial charge is 0.467 e. The molecule has 0 aliphatic carbocycles. The molecule has 0 aliphatic rings. The van der Waals surface area contributed by atoms with E-state index < -0.39 is 54.1 Å². The maximum Gasteiger partial charge on any atom is 0.338 e. The van der Waals surface area contributed by atoms with Crippen molar-refractivity contribution in [1.82, 2.24) is 20.4 Å². The van der Waals surface area contributed by atoms with Gasteiger partial charge in [0, 0.05) is 50.4 Å². The normalized spacial score (nSPS) is 11.6. The molecule has 0 aliphatic heterocycles. The van der Waals surface area contributed by atoms with Crippen LogP contribution in [0.4, 0.5) is 0 Å². The minimum Gasteiger partial charge on any atom is -0.467 e. The number of aliphatic hydroxyl groups excluding tert-OH is 1. The third kappa shape index (κ3) is 7.30. The predicted octanol–water partition coefficient (Wildman–Crippen LogP) is -0.806. The number of amides is 4. The molecular formula is C28H30N4O8. The molecule has 0 heterocycles. The van der Waals surface area contributed by atoms with Crippen LogP contribution in [0.2, 0.25) is 0 Å². The van der Waals surface area contributed by atoms with E-state index in [4.69, 9.17) is 5.11 Å². The highest BCUT2D eigenvalue weighted by Crippen LogP contribution is 2.12.